The summed E-state index contributed by atoms with van der Waals surface area (Å²) in [7, 11) is -3.63. The van der Waals surface area contributed by atoms with Crippen molar-refractivity contribution in [1.29, 1.82) is 0 Å². The third-order valence-electron chi connectivity index (χ3n) is 2.63. The first kappa shape index (κ1) is 15.9. The number of hydrogen-bond acceptors (Lipinski definition) is 4. The quantitative estimate of drug-likeness (QED) is 0.844. The molecule has 0 aliphatic carbocycles. The lowest BCUT2D eigenvalue weighted by Gasteiger charge is -2.08. The summed E-state index contributed by atoms with van der Waals surface area (Å²) in [5.41, 5.74) is 7.50. The smallest absolute Gasteiger partial charge is 0.271 e. The van der Waals surface area contributed by atoms with Crippen molar-refractivity contribution >= 4 is 38.6 Å². The second kappa shape index (κ2) is 6.50. The van der Waals surface area contributed by atoms with Crippen LogP contribution in [0.3, 0.4) is 0 Å². The number of nitrogens with two attached hydrogens (primary N) is 1. The molecule has 110 valence electrons. The summed E-state index contributed by atoms with van der Waals surface area (Å²) in [6, 6.07) is 8.20. The van der Waals surface area contributed by atoms with Gasteiger partial charge in [-0.15, -0.1) is 11.3 Å². The molecule has 7 heteroatoms. The molecule has 3 N–H and O–H groups in total. The Morgan fingerprint density at radius 3 is 2.71 bits per heavy atom. The number of rotatable bonds is 3. The van der Waals surface area contributed by atoms with Crippen LogP contribution in [0, 0.1) is 18.8 Å². The van der Waals surface area contributed by atoms with Crippen LogP contribution in [0.2, 0.25) is 4.34 Å². The first-order chi connectivity index (χ1) is 9.92. The van der Waals surface area contributed by atoms with Crippen LogP contribution < -0.4 is 10.5 Å². The van der Waals surface area contributed by atoms with E-state index >= 15 is 0 Å². The molecular weight excluding hydrogens is 328 g/mol. The second-order valence-corrected chi connectivity index (χ2v) is 7.82. The minimum atomic E-state index is -3.63. The molecule has 0 saturated carbocycles. The van der Waals surface area contributed by atoms with Gasteiger partial charge in [-0.25, -0.2) is 8.42 Å². The monoisotopic (exact) mass is 340 g/mol. The third-order valence-corrected chi connectivity index (χ3v) is 5.73. The second-order valence-electron chi connectivity index (χ2n) is 4.20. The van der Waals surface area contributed by atoms with E-state index in [0.717, 1.165) is 22.5 Å². The molecule has 0 aliphatic rings. The maximum atomic E-state index is 12.2. The van der Waals surface area contributed by atoms with Crippen molar-refractivity contribution in [2.45, 2.75) is 11.1 Å². The largest absolute Gasteiger partial charge is 0.320 e. The van der Waals surface area contributed by atoms with E-state index in [2.05, 4.69) is 16.6 Å². The van der Waals surface area contributed by atoms with Gasteiger partial charge in [0.15, 0.2) is 0 Å². The highest BCUT2D eigenvalue weighted by Crippen LogP contribution is 2.27. The molecule has 0 spiro atoms. The summed E-state index contributed by atoms with van der Waals surface area (Å²) in [4.78, 5) is 0. The molecule has 0 atom stereocenters. The highest BCUT2D eigenvalue weighted by molar-refractivity contribution is 7.94. The fourth-order valence-electron chi connectivity index (χ4n) is 1.61. The third kappa shape index (κ3) is 3.99. The van der Waals surface area contributed by atoms with Crippen LogP contribution in [0.5, 0.6) is 0 Å². The van der Waals surface area contributed by atoms with Crippen LogP contribution in [0.1, 0.15) is 11.1 Å². The van der Waals surface area contributed by atoms with Crippen molar-refractivity contribution in [3.8, 4) is 11.8 Å². The predicted molar refractivity (Wildman–Crippen MR) is 87.2 cm³/mol. The lowest BCUT2D eigenvalue weighted by molar-refractivity contribution is 0.603. The number of halogens is 1. The average molecular weight is 341 g/mol. The normalized spacial score (nSPS) is 10.8. The van der Waals surface area contributed by atoms with E-state index in [4.69, 9.17) is 17.3 Å². The molecule has 4 nitrogen and oxygen atoms in total. The van der Waals surface area contributed by atoms with Crippen molar-refractivity contribution in [3.63, 3.8) is 0 Å². The molecule has 0 radical (unpaired) electrons. The summed E-state index contributed by atoms with van der Waals surface area (Å²) in [6.07, 6.45) is 0. The van der Waals surface area contributed by atoms with Crippen molar-refractivity contribution in [2.24, 2.45) is 5.73 Å². The number of anilines is 1. The molecule has 0 fully saturated rings. The zero-order valence-corrected chi connectivity index (χ0v) is 13.6. The maximum absolute atomic E-state index is 12.2. The predicted octanol–water partition coefficient (Wildman–Crippen LogP) is 2.82. The van der Waals surface area contributed by atoms with Gasteiger partial charge in [-0.05, 0) is 36.8 Å². The van der Waals surface area contributed by atoms with E-state index < -0.39 is 10.0 Å². The van der Waals surface area contributed by atoms with Crippen LogP contribution in [0.25, 0.3) is 0 Å². The van der Waals surface area contributed by atoms with Crippen molar-refractivity contribution in [2.75, 3.05) is 11.3 Å². The lowest BCUT2D eigenvalue weighted by Crippen LogP contribution is -2.11. The van der Waals surface area contributed by atoms with Gasteiger partial charge in [0.2, 0.25) is 0 Å². The summed E-state index contributed by atoms with van der Waals surface area (Å²) in [6.45, 7) is 2.15. The number of sulfonamides is 1. The van der Waals surface area contributed by atoms with Crippen molar-refractivity contribution < 1.29 is 8.42 Å². The SMILES string of the molecule is Cc1ccc(NS(=O)(=O)c2ccc(Cl)s2)cc1C#CCN. The molecule has 1 aromatic heterocycles. The maximum Gasteiger partial charge on any atom is 0.271 e. The number of nitrogens with one attached hydrogen (secondary N) is 1. The highest BCUT2D eigenvalue weighted by Gasteiger charge is 2.16. The first-order valence-electron chi connectivity index (χ1n) is 6.00. The summed E-state index contributed by atoms with van der Waals surface area (Å²) in [5, 5.41) is 0. The van der Waals surface area contributed by atoms with E-state index in [0.29, 0.717) is 10.0 Å². The fraction of sp³-hybridized carbons (Fsp3) is 0.143. The van der Waals surface area contributed by atoms with Crippen LogP contribution in [-0.2, 0) is 10.0 Å². The first-order valence-corrected chi connectivity index (χ1v) is 8.68. The molecule has 2 rings (SSSR count). The molecule has 0 amide bonds. The van der Waals surface area contributed by atoms with E-state index in [1.165, 1.54) is 6.07 Å². The summed E-state index contributed by atoms with van der Waals surface area (Å²) in [5.74, 6) is 5.67. The van der Waals surface area contributed by atoms with Gasteiger partial charge in [0.1, 0.15) is 4.21 Å². The fourth-order valence-corrected chi connectivity index (χ4v) is 4.15. The van der Waals surface area contributed by atoms with Gasteiger partial charge in [0.25, 0.3) is 10.0 Å². The Hall–Kier alpha value is -1.52. The van der Waals surface area contributed by atoms with Gasteiger partial charge in [-0.2, -0.15) is 0 Å². The van der Waals surface area contributed by atoms with Gasteiger partial charge in [-0.3, -0.25) is 4.72 Å². The highest BCUT2D eigenvalue weighted by atomic mass is 35.5. The lowest BCUT2D eigenvalue weighted by atomic mass is 10.1. The molecule has 0 bridgehead atoms. The molecule has 0 aliphatic heterocycles. The molecule has 21 heavy (non-hydrogen) atoms. The Labute approximate surface area is 133 Å². The van der Waals surface area contributed by atoms with Crippen LogP contribution in [0.4, 0.5) is 5.69 Å². The molecule has 0 saturated heterocycles. The van der Waals surface area contributed by atoms with Gasteiger partial charge in [-0.1, -0.05) is 29.5 Å². The minimum Gasteiger partial charge on any atom is -0.320 e. The van der Waals surface area contributed by atoms with E-state index in [1.54, 1.807) is 24.3 Å². The van der Waals surface area contributed by atoms with Gasteiger partial charge >= 0.3 is 0 Å². The van der Waals surface area contributed by atoms with Gasteiger partial charge < -0.3 is 5.73 Å². The summed E-state index contributed by atoms with van der Waals surface area (Å²) >= 11 is 6.77. The number of thiophene rings is 1. The Bertz CT molecular complexity index is 817. The standard InChI is InChI=1S/C14H13ClN2O2S2/c1-10-4-5-12(9-11(10)3-2-8-16)17-21(18,19)14-7-6-13(15)20-14/h4-7,9,17H,8,16H2,1H3. The van der Waals surface area contributed by atoms with Gasteiger partial charge in [0.05, 0.1) is 16.6 Å². The molecule has 1 aromatic carbocycles. The van der Waals surface area contributed by atoms with Crippen LogP contribution in [0.15, 0.2) is 34.5 Å². The van der Waals surface area contributed by atoms with Crippen molar-refractivity contribution in [3.05, 3.63) is 45.8 Å². The molecule has 1 heterocycles. The Morgan fingerprint density at radius 1 is 1.33 bits per heavy atom. The van der Waals surface area contributed by atoms with E-state index in [-0.39, 0.29) is 10.8 Å². The van der Waals surface area contributed by atoms with E-state index in [1.807, 2.05) is 6.92 Å². The number of hydrogen-bond donors (Lipinski definition) is 2. The Balaban J connectivity index is 2.31. The van der Waals surface area contributed by atoms with Crippen LogP contribution >= 0.6 is 22.9 Å². The number of benzene rings is 1. The van der Waals surface area contributed by atoms with Crippen LogP contribution in [-0.4, -0.2) is 15.0 Å². The topological polar surface area (TPSA) is 72.2 Å². The van der Waals surface area contributed by atoms with Crippen molar-refractivity contribution in [1.82, 2.24) is 0 Å². The molecular formula is C14H13ClN2O2S2. The Kier molecular flexibility index (Phi) is 4.91. The van der Waals surface area contributed by atoms with E-state index in [9.17, 15) is 8.42 Å². The number of aryl methyl sites for hydroxylation is 1. The summed E-state index contributed by atoms with van der Waals surface area (Å²) < 4.78 is 27.5. The van der Waals surface area contributed by atoms with Gasteiger partial charge in [0, 0.05) is 5.56 Å². The zero-order valence-electron chi connectivity index (χ0n) is 11.2. The molecule has 2 aromatic rings. The average Bonchev–Trinajstić information content (AvgIpc) is 2.86. The molecule has 0 unspecified atom stereocenters. The Morgan fingerprint density at radius 2 is 2.10 bits per heavy atom. The minimum absolute atomic E-state index is 0.169. The zero-order chi connectivity index (χ0) is 15.5.